The van der Waals surface area contributed by atoms with Crippen molar-refractivity contribution in [2.24, 2.45) is 10.2 Å². The molecule has 242 valence electrons. The number of ether oxygens (including phenoxy) is 2. The van der Waals surface area contributed by atoms with Crippen molar-refractivity contribution in [3.8, 4) is 11.5 Å². The second-order valence-electron chi connectivity index (χ2n) is 11.3. The van der Waals surface area contributed by atoms with Gasteiger partial charge in [-0.15, -0.1) is 0 Å². The van der Waals surface area contributed by atoms with E-state index in [1.54, 1.807) is 37.8 Å². The number of esters is 1. The molecule has 0 amide bonds. The molecule has 0 aliphatic heterocycles. The number of benzene rings is 2. The highest BCUT2D eigenvalue weighted by molar-refractivity contribution is 5.81. The summed E-state index contributed by atoms with van der Waals surface area (Å²) in [5, 5.41) is 50.7. The first-order valence-corrected chi connectivity index (χ1v) is 14.5. The van der Waals surface area contributed by atoms with E-state index in [-0.39, 0.29) is 61.2 Å². The Balaban J connectivity index is 1.72. The molecule has 2 aromatic carbocycles. The van der Waals surface area contributed by atoms with E-state index in [0.717, 1.165) is 5.69 Å². The predicted octanol–water partition coefficient (Wildman–Crippen LogP) is 5.14. The number of phenolic OH excluding ortho intramolecular Hbond substituents is 2. The van der Waals surface area contributed by atoms with Crippen molar-refractivity contribution >= 4 is 22.9 Å². The molecule has 0 saturated heterocycles. The summed E-state index contributed by atoms with van der Waals surface area (Å²) in [6.07, 6.45) is -1.20. The molecule has 0 heterocycles. The minimum absolute atomic E-state index is 0.0299. The van der Waals surface area contributed by atoms with E-state index in [2.05, 4.69) is 20.1 Å². The van der Waals surface area contributed by atoms with E-state index in [1.807, 2.05) is 24.0 Å². The Labute approximate surface area is 261 Å². The van der Waals surface area contributed by atoms with Crippen LogP contribution in [0.5, 0.6) is 11.5 Å². The molecule has 2 aromatic rings. The molecule has 45 heavy (non-hydrogen) atoms. The molecule has 15 nitrogen and oxygen atoms in total. The number of aromatic hydroxyl groups is 2. The van der Waals surface area contributed by atoms with Crippen LogP contribution in [0.4, 0.5) is 11.4 Å². The Hall–Kier alpha value is -4.81. The van der Waals surface area contributed by atoms with Crippen LogP contribution in [0.1, 0.15) is 44.7 Å². The van der Waals surface area contributed by atoms with Crippen LogP contribution in [0.2, 0.25) is 0 Å². The number of carbonyl (C=O) groups excluding carboxylic acids is 1. The smallest absolute Gasteiger partial charge is 0.332 e. The first-order chi connectivity index (χ1) is 21.4. The van der Waals surface area contributed by atoms with E-state index in [9.17, 15) is 25.2 Å². The summed E-state index contributed by atoms with van der Waals surface area (Å²) in [5.41, 5.74) is 18.7. The number of carbonyl (C=O) groups is 1. The molecule has 2 unspecified atom stereocenters. The first kappa shape index (κ1) is 34.7. The third-order valence-electron chi connectivity index (χ3n) is 7.12. The minimum atomic E-state index is -1.20. The van der Waals surface area contributed by atoms with Crippen molar-refractivity contribution in [1.29, 1.82) is 0 Å². The number of hydrogen-bond acceptors (Lipinski definition) is 11. The zero-order valence-corrected chi connectivity index (χ0v) is 25.9. The maximum Gasteiger partial charge on any atom is 0.332 e. The fourth-order valence-electron chi connectivity index (χ4n) is 5.08. The van der Waals surface area contributed by atoms with Crippen molar-refractivity contribution in [1.82, 2.24) is 0 Å². The lowest BCUT2D eigenvalue weighted by Gasteiger charge is -2.37. The number of aliphatic hydroxyl groups is 2. The van der Waals surface area contributed by atoms with Crippen molar-refractivity contribution in [2.45, 2.75) is 45.3 Å². The van der Waals surface area contributed by atoms with E-state index in [4.69, 9.17) is 20.5 Å². The highest BCUT2D eigenvalue weighted by atomic mass is 16.6. The van der Waals surface area contributed by atoms with Gasteiger partial charge in [0.15, 0.2) is 0 Å². The lowest BCUT2D eigenvalue weighted by atomic mass is 9.73. The van der Waals surface area contributed by atoms with Gasteiger partial charge >= 0.3 is 5.97 Å². The van der Waals surface area contributed by atoms with Gasteiger partial charge < -0.3 is 39.7 Å². The topological polar surface area (TPSA) is 220 Å². The molecule has 0 spiro atoms. The Morgan fingerprint density at radius 2 is 1.51 bits per heavy atom. The first-order valence-electron chi connectivity index (χ1n) is 14.5. The van der Waals surface area contributed by atoms with Crippen LogP contribution in [0.25, 0.3) is 26.5 Å². The van der Waals surface area contributed by atoms with Gasteiger partial charge in [-0.05, 0) is 56.5 Å². The normalized spacial score (nSPS) is 15.8. The molecular weight excluding hydrogens is 584 g/mol. The summed E-state index contributed by atoms with van der Waals surface area (Å²) in [6.45, 7) is 9.40. The molecule has 1 aliphatic carbocycles. The Morgan fingerprint density at radius 1 is 0.933 bits per heavy atom. The standard InChI is InChI=1S/C30H40N8O7/c1-5-37(14-15-44-18-24(41)45-30(2,3)4)20-8-6-19(7-9-20)25-28(42)27(29(25)43)26-22(39)16-21(17-23(26)40)38(12-10-33-35-31)13-11-34-36-32/h6-9,16-17,27-28,39-40,42-43H,5,10-15,18H2,1-4H3. The number of azide groups is 2. The Kier molecular flexibility index (Phi) is 12.2. The fraction of sp³-hybridized carbons (Fsp3) is 0.500. The molecule has 0 aromatic heterocycles. The molecule has 1 aliphatic rings. The number of nitrogens with zero attached hydrogens (tertiary/aromatic N) is 8. The monoisotopic (exact) mass is 624 g/mol. The van der Waals surface area contributed by atoms with Crippen molar-refractivity contribution in [3.05, 3.63) is 74.2 Å². The fourth-order valence-corrected chi connectivity index (χ4v) is 5.08. The van der Waals surface area contributed by atoms with Crippen LogP contribution >= 0.6 is 0 Å². The van der Waals surface area contributed by atoms with Gasteiger partial charge in [0.2, 0.25) is 0 Å². The Bertz CT molecular complexity index is 1420. The number of aliphatic hydroxyl groups excluding tert-OH is 2. The van der Waals surface area contributed by atoms with Crippen molar-refractivity contribution < 1.29 is 34.7 Å². The molecule has 3 rings (SSSR count). The maximum atomic E-state index is 11.9. The van der Waals surface area contributed by atoms with E-state index in [0.29, 0.717) is 30.9 Å². The van der Waals surface area contributed by atoms with Crippen molar-refractivity contribution in [3.63, 3.8) is 0 Å². The largest absolute Gasteiger partial charge is 0.511 e. The molecule has 2 atom stereocenters. The highest BCUT2D eigenvalue weighted by Gasteiger charge is 2.44. The zero-order valence-electron chi connectivity index (χ0n) is 25.9. The lowest BCUT2D eigenvalue weighted by Crippen LogP contribution is -2.33. The summed E-state index contributed by atoms with van der Waals surface area (Å²) >= 11 is 0. The van der Waals surface area contributed by atoms with Crippen LogP contribution in [0, 0.1) is 0 Å². The Morgan fingerprint density at radius 3 is 2.00 bits per heavy atom. The van der Waals surface area contributed by atoms with Gasteiger partial charge in [-0.1, -0.05) is 22.4 Å². The molecule has 15 heteroatoms. The molecule has 0 radical (unpaired) electrons. The van der Waals surface area contributed by atoms with Crippen molar-refractivity contribution in [2.75, 3.05) is 62.3 Å². The number of rotatable bonds is 16. The van der Waals surface area contributed by atoms with Crippen LogP contribution in [-0.2, 0) is 14.3 Å². The molecule has 0 fully saturated rings. The highest BCUT2D eigenvalue weighted by Crippen LogP contribution is 2.52. The van der Waals surface area contributed by atoms with Gasteiger partial charge in [0.05, 0.1) is 18.6 Å². The van der Waals surface area contributed by atoms with Gasteiger partial charge in [0.1, 0.15) is 29.5 Å². The van der Waals surface area contributed by atoms with Gasteiger partial charge in [-0.3, -0.25) is 0 Å². The van der Waals surface area contributed by atoms with Gasteiger partial charge in [-0.25, -0.2) is 4.79 Å². The lowest BCUT2D eigenvalue weighted by molar-refractivity contribution is -0.160. The number of anilines is 2. The molecular formula is C30H40N8O7. The summed E-state index contributed by atoms with van der Waals surface area (Å²) < 4.78 is 10.7. The average Bonchev–Trinajstić information content (AvgIpc) is 2.98. The van der Waals surface area contributed by atoms with Gasteiger partial charge in [-0.2, -0.15) is 0 Å². The minimum Gasteiger partial charge on any atom is -0.511 e. The second-order valence-corrected chi connectivity index (χ2v) is 11.3. The van der Waals surface area contributed by atoms with E-state index >= 15 is 0 Å². The summed E-state index contributed by atoms with van der Waals surface area (Å²) in [7, 11) is 0. The van der Waals surface area contributed by atoms with Gasteiger partial charge in [0.25, 0.3) is 0 Å². The zero-order chi connectivity index (χ0) is 33.1. The quantitative estimate of drug-likeness (QED) is 0.0637. The number of likely N-dealkylation sites (N-methyl/N-ethyl adjacent to an activating group) is 1. The maximum absolute atomic E-state index is 11.9. The summed E-state index contributed by atoms with van der Waals surface area (Å²) in [5.74, 6) is -2.35. The number of phenols is 2. The van der Waals surface area contributed by atoms with Crippen LogP contribution in [0.15, 0.2) is 52.4 Å². The number of hydrogen-bond donors (Lipinski definition) is 4. The summed E-state index contributed by atoms with van der Waals surface area (Å²) in [6, 6.07) is 9.95. The molecule has 0 bridgehead atoms. The van der Waals surface area contributed by atoms with Crippen LogP contribution in [0.3, 0.4) is 0 Å². The van der Waals surface area contributed by atoms with Crippen LogP contribution in [-0.4, -0.2) is 90.6 Å². The van der Waals surface area contributed by atoms with E-state index in [1.165, 1.54) is 12.1 Å². The van der Waals surface area contributed by atoms with E-state index < -0.39 is 23.6 Å². The SMILES string of the molecule is CCN(CCOCC(=O)OC(C)(C)C)c1ccc(C2=C(O)C(c3c(O)cc(N(CCN=[N+]=[N-])CCN=[N+]=[N-])cc3O)C2O)cc1. The summed E-state index contributed by atoms with van der Waals surface area (Å²) in [4.78, 5) is 21.0. The molecule has 0 saturated carbocycles. The van der Waals surface area contributed by atoms with Crippen LogP contribution < -0.4 is 9.80 Å². The average molecular weight is 625 g/mol. The van der Waals surface area contributed by atoms with Gasteiger partial charge in [0, 0.05) is 83.7 Å². The third kappa shape index (κ3) is 9.10. The third-order valence-corrected chi connectivity index (χ3v) is 7.12. The predicted molar refractivity (Wildman–Crippen MR) is 169 cm³/mol. The second kappa shape index (κ2) is 15.8. The molecule has 4 N–H and O–H groups in total.